The van der Waals surface area contributed by atoms with E-state index in [9.17, 15) is 0 Å². The molecule has 0 saturated heterocycles. The molecule has 0 spiro atoms. The lowest BCUT2D eigenvalue weighted by Crippen LogP contribution is -1.96. The monoisotopic (exact) mass is 255 g/mol. The molecule has 0 atom stereocenters. The van der Waals surface area contributed by atoms with E-state index in [0.717, 1.165) is 11.4 Å². The van der Waals surface area contributed by atoms with Gasteiger partial charge in [-0.05, 0) is 48.7 Å². The second kappa shape index (κ2) is 5.48. The fourth-order valence-corrected chi connectivity index (χ4v) is 1.98. The summed E-state index contributed by atoms with van der Waals surface area (Å²) in [5, 5.41) is 12.0. The molecule has 0 aliphatic rings. The third-order valence-corrected chi connectivity index (χ3v) is 3.29. The summed E-state index contributed by atoms with van der Waals surface area (Å²) in [6.07, 6.45) is 2.04. The molecule has 0 amide bonds. The molecule has 3 N–H and O–H groups in total. The number of hydrogen-bond acceptors (Lipinski definition) is 4. The van der Waals surface area contributed by atoms with Crippen LogP contribution in [0.15, 0.2) is 47.4 Å². The summed E-state index contributed by atoms with van der Waals surface area (Å²) < 4.78 is 0. The first-order valence-electron chi connectivity index (χ1n) is 5.43. The summed E-state index contributed by atoms with van der Waals surface area (Å²) in [5.41, 5.74) is 8.81. The first kappa shape index (κ1) is 12.3. The number of anilines is 3. The molecule has 2 rings (SSSR count). The molecule has 0 aliphatic heterocycles. The van der Waals surface area contributed by atoms with E-state index in [4.69, 9.17) is 11.0 Å². The lowest BCUT2D eigenvalue weighted by atomic mass is 10.2. The van der Waals surface area contributed by atoms with Gasteiger partial charge in [-0.25, -0.2) is 0 Å². The van der Waals surface area contributed by atoms with Crippen molar-refractivity contribution in [3.8, 4) is 6.07 Å². The highest BCUT2D eigenvalue weighted by Crippen LogP contribution is 2.25. The van der Waals surface area contributed by atoms with Gasteiger partial charge in [0.05, 0.1) is 23.0 Å². The Morgan fingerprint density at radius 1 is 1.17 bits per heavy atom. The van der Waals surface area contributed by atoms with E-state index in [1.54, 1.807) is 23.9 Å². The van der Waals surface area contributed by atoms with E-state index >= 15 is 0 Å². The Hall–Kier alpha value is -2.12. The minimum atomic E-state index is 0.566. The highest BCUT2D eigenvalue weighted by Gasteiger charge is 2.01. The fourth-order valence-electron chi connectivity index (χ4n) is 1.58. The summed E-state index contributed by atoms with van der Waals surface area (Å²) >= 11 is 1.70. The van der Waals surface area contributed by atoms with E-state index < -0.39 is 0 Å². The van der Waals surface area contributed by atoms with Crippen LogP contribution in [0.5, 0.6) is 0 Å². The lowest BCUT2D eigenvalue weighted by molar-refractivity contribution is 1.44. The summed E-state index contributed by atoms with van der Waals surface area (Å²) in [7, 11) is 0. The van der Waals surface area contributed by atoms with Gasteiger partial charge >= 0.3 is 0 Å². The second-order valence-corrected chi connectivity index (χ2v) is 4.65. The van der Waals surface area contributed by atoms with Crippen LogP contribution in [0.25, 0.3) is 0 Å². The van der Waals surface area contributed by atoms with Gasteiger partial charge in [-0.1, -0.05) is 0 Å². The predicted octanol–water partition coefficient (Wildman–Crippen LogP) is 3.61. The fraction of sp³-hybridized carbons (Fsp3) is 0.0714. The molecule has 0 bridgehead atoms. The number of rotatable bonds is 3. The van der Waals surface area contributed by atoms with Crippen LogP contribution >= 0.6 is 11.8 Å². The van der Waals surface area contributed by atoms with Gasteiger partial charge in [-0.15, -0.1) is 11.8 Å². The van der Waals surface area contributed by atoms with Crippen LogP contribution in [0.4, 0.5) is 17.1 Å². The Labute approximate surface area is 111 Å². The summed E-state index contributed by atoms with van der Waals surface area (Å²) in [6, 6.07) is 15.4. The number of nitriles is 1. The van der Waals surface area contributed by atoms with Crippen molar-refractivity contribution in [1.82, 2.24) is 0 Å². The first-order chi connectivity index (χ1) is 8.72. The minimum absolute atomic E-state index is 0.566. The molecule has 90 valence electrons. The van der Waals surface area contributed by atoms with E-state index in [0.29, 0.717) is 11.3 Å². The molecule has 0 unspecified atom stereocenters. The number of nitrogens with zero attached hydrogens (tertiary/aromatic N) is 1. The quantitative estimate of drug-likeness (QED) is 0.649. The van der Waals surface area contributed by atoms with E-state index in [2.05, 4.69) is 11.4 Å². The van der Waals surface area contributed by atoms with Gasteiger partial charge in [-0.2, -0.15) is 5.26 Å². The highest BCUT2D eigenvalue weighted by molar-refractivity contribution is 7.98. The van der Waals surface area contributed by atoms with Crippen molar-refractivity contribution in [1.29, 1.82) is 5.26 Å². The van der Waals surface area contributed by atoms with Crippen LogP contribution in [0, 0.1) is 11.3 Å². The average Bonchev–Trinajstić information content (AvgIpc) is 2.42. The number of nitrogen functional groups attached to an aromatic ring is 1. The molecule has 0 aliphatic carbocycles. The van der Waals surface area contributed by atoms with Gasteiger partial charge in [0.15, 0.2) is 0 Å². The molecular formula is C14H13N3S. The third kappa shape index (κ3) is 2.76. The molecule has 0 fully saturated rings. The third-order valence-electron chi connectivity index (χ3n) is 2.55. The molecule has 0 radical (unpaired) electrons. The van der Waals surface area contributed by atoms with Crippen molar-refractivity contribution in [3.63, 3.8) is 0 Å². The zero-order valence-corrected chi connectivity index (χ0v) is 10.8. The lowest BCUT2D eigenvalue weighted by Gasteiger charge is -2.09. The maximum Gasteiger partial charge on any atom is 0.0992 e. The molecule has 0 saturated carbocycles. The van der Waals surface area contributed by atoms with Gasteiger partial charge in [0, 0.05) is 10.6 Å². The molecule has 2 aromatic carbocycles. The number of thioether (sulfide) groups is 1. The highest BCUT2D eigenvalue weighted by atomic mass is 32.2. The summed E-state index contributed by atoms with van der Waals surface area (Å²) in [4.78, 5) is 1.22. The van der Waals surface area contributed by atoms with Crippen molar-refractivity contribution >= 4 is 28.8 Å². The second-order valence-electron chi connectivity index (χ2n) is 3.77. The van der Waals surface area contributed by atoms with Crippen LogP contribution in [-0.4, -0.2) is 6.26 Å². The Balaban J connectivity index is 2.20. The van der Waals surface area contributed by atoms with Crippen LogP contribution in [-0.2, 0) is 0 Å². The Bertz CT molecular complexity index is 585. The number of nitrogens with one attached hydrogen (secondary N) is 1. The van der Waals surface area contributed by atoms with Crippen molar-refractivity contribution < 1.29 is 0 Å². The molecule has 18 heavy (non-hydrogen) atoms. The summed E-state index contributed by atoms with van der Waals surface area (Å²) in [5.74, 6) is 0. The first-order valence-corrected chi connectivity index (χ1v) is 6.66. The Morgan fingerprint density at radius 2 is 1.89 bits per heavy atom. The van der Waals surface area contributed by atoms with E-state index in [1.165, 1.54) is 4.90 Å². The van der Waals surface area contributed by atoms with E-state index in [1.807, 2.05) is 36.6 Å². The maximum atomic E-state index is 8.77. The van der Waals surface area contributed by atoms with Crippen LogP contribution in [0.3, 0.4) is 0 Å². The van der Waals surface area contributed by atoms with Gasteiger partial charge < -0.3 is 11.1 Å². The predicted molar refractivity (Wildman–Crippen MR) is 77.1 cm³/mol. The van der Waals surface area contributed by atoms with E-state index in [-0.39, 0.29) is 0 Å². The molecule has 0 aromatic heterocycles. The number of nitrogens with two attached hydrogens (primary N) is 1. The van der Waals surface area contributed by atoms with Gasteiger partial charge in [-0.3, -0.25) is 0 Å². The van der Waals surface area contributed by atoms with Crippen molar-refractivity contribution in [2.45, 2.75) is 4.90 Å². The molecule has 2 aromatic rings. The Kier molecular flexibility index (Phi) is 3.75. The van der Waals surface area contributed by atoms with Crippen LogP contribution < -0.4 is 11.1 Å². The molecule has 3 nitrogen and oxygen atoms in total. The zero-order chi connectivity index (χ0) is 13.0. The summed E-state index contributed by atoms with van der Waals surface area (Å²) in [6.45, 7) is 0. The van der Waals surface area contributed by atoms with Gasteiger partial charge in [0.25, 0.3) is 0 Å². The number of hydrogen-bond donors (Lipinski definition) is 2. The molecular weight excluding hydrogens is 242 g/mol. The largest absolute Gasteiger partial charge is 0.397 e. The van der Waals surface area contributed by atoms with Crippen molar-refractivity contribution in [3.05, 3.63) is 48.0 Å². The SMILES string of the molecule is CSc1ccc(Nc2ccc(C#N)cc2N)cc1. The van der Waals surface area contributed by atoms with Crippen molar-refractivity contribution in [2.24, 2.45) is 0 Å². The van der Waals surface area contributed by atoms with Gasteiger partial charge in [0.2, 0.25) is 0 Å². The minimum Gasteiger partial charge on any atom is -0.397 e. The standard InChI is InChI=1S/C14H13N3S/c1-18-12-5-3-11(4-6-12)17-14-7-2-10(9-15)8-13(14)16/h2-8,17H,16H2,1H3. The molecule has 0 heterocycles. The van der Waals surface area contributed by atoms with Crippen LogP contribution in [0.2, 0.25) is 0 Å². The molecule has 4 heteroatoms. The zero-order valence-electron chi connectivity index (χ0n) is 9.97. The smallest absolute Gasteiger partial charge is 0.0992 e. The maximum absolute atomic E-state index is 8.77. The topological polar surface area (TPSA) is 61.8 Å². The van der Waals surface area contributed by atoms with Crippen molar-refractivity contribution in [2.75, 3.05) is 17.3 Å². The normalized spacial score (nSPS) is 9.78. The average molecular weight is 255 g/mol. The number of benzene rings is 2. The van der Waals surface area contributed by atoms with Crippen LogP contribution in [0.1, 0.15) is 5.56 Å². The van der Waals surface area contributed by atoms with Gasteiger partial charge in [0.1, 0.15) is 0 Å². The Morgan fingerprint density at radius 3 is 2.44 bits per heavy atom.